The molecule has 0 saturated heterocycles. The number of fused-ring (bicyclic) bond motifs is 3. The van der Waals surface area contributed by atoms with E-state index in [0.29, 0.717) is 24.0 Å². The van der Waals surface area contributed by atoms with E-state index in [2.05, 4.69) is 13.8 Å². The molecule has 2 unspecified atom stereocenters. The fraction of sp³-hybridized carbons (Fsp3) is 0.769. The van der Waals surface area contributed by atoms with Crippen LogP contribution in [0.5, 0.6) is 0 Å². The number of hydrogen-bond donors (Lipinski definition) is 3. The Morgan fingerprint density at radius 1 is 1.30 bits per heavy atom. The van der Waals surface area contributed by atoms with Gasteiger partial charge in [-0.2, -0.15) is 0 Å². The van der Waals surface area contributed by atoms with Gasteiger partial charge in [0.25, 0.3) is 0 Å². The summed E-state index contributed by atoms with van der Waals surface area (Å²) in [5.41, 5.74) is -2.69. The first kappa shape index (κ1) is 23.1. The van der Waals surface area contributed by atoms with Gasteiger partial charge in [0.05, 0.1) is 12.0 Å². The number of aliphatic hydroxyl groups is 3. The van der Waals surface area contributed by atoms with Crippen LogP contribution in [0.3, 0.4) is 0 Å². The highest BCUT2D eigenvalue weighted by Crippen LogP contribution is 2.71. The summed E-state index contributed by atoms with van der Waals surface area (Å²) in [4.78, 5) is 28.7. The van der Waals surface area contributed by atoms with Crippen molar-refractivity contribution in [2.45, 2.75) is 64.8 Å². The van der Waals surface area contributed by atoms with Crippen LogP contribution in [0.15, 0.2) is 23.3 Å². The molecule has 5 aliphatic rings. The quantitative estimate of drug-likeness (QED) is 0.557. The molecular formula is C26H37NO6. The largest absolute Gasteiger partial charge is 0.438 e. The average Bonchev–Trinajstić information content (AvgIpc) is 3.65. The molecule has 7 heteroatoms. The number of ketones is 1. The maximum atomic E-state index is 14.3. The Hall–Kier alpha value is -1.70. The SMILES string of the molecule is CC1=CC23C(=O)[C@@H](C=C(CO)[C@@H](O)[C@]2(O)[C@H]1OC(=O)N(C)CC1CC1)[C@H]1[C@@H](CC3C)C1(C)C. The smallest absolute Gasteiger partial charge is 0.410 e. The molecule has 1 spiro atoms. The lowest BCUT2D eigenvalue weighted by molar-refractivity contribution is -0.191. The van der Waals surface area contributed by atoms with Crippen LogP contribution < -0.4 is 0 Å². The summed E-state index contributed by atoms with van der Waals surface area (Å²) in [5, 5.41) is 34.0. The van der Waals surface area contributed by atoms with Gasteiger partial charge >= 0.3 is 6.09 Å². The normalized spacial score (nSPS) is 45.2. The number of ether oxygens (including phenoxy) is 1. The summed E-state index contributed by atoms with van der Waals surface area (Å²) in [7, 11) is 1.67. The molecule has 0 radical (unpaired) electrons. The number of amides is 1. The maximum absolute atomic E-state index is 14.3. The van der Waals surface area contributed by atoms with Gasteiger partial charge in [-0.3, -0.25) is 4.79 Å². The summed E-state index contributed by atoms with van der Waals surface area (Å²) in [6.07, 6.45) is 3.08. The molecule has 5 aliphatic carbocycles. The number of hydrogen-bond acceptors (Lipinski definition) is 6. The highest BCUT2D eigenvalue weighted by molar-refractivity contribution is 5.95. The number of rotatable bonds is 4. The molecule has 0 aliphatic heterocycles. The summed E-state index contributed by atoms with van der Waals surface area (Å²) in [6.45, 7) is 8.14. The predicted octanol–water partition coefficient (Wildman–Crippen LogP) is 2.30. The molecule has 182 valence electrons. The van der Waals surface area contributed by atoms with E-state index >= 15 is 0 Å². The number of allylic oxidation sites excluding steroid dienone is 1. The molecule has 8 atom stereocenters. The lowest BCUT2D eigenvalue weighted by Gasteiger charge is -2.48. The van der Waals surface area contributed by atoms with Crippen LogP contribution in [-0.4, -0.2) is 70.1 Å². The molecule has 2 bridgehead atoms. The van der Waals surface area contributed by atoms with Crippen LogP contribution >= 0.6 is 0 Å². The number of aliphatic hydroxyl groups excluding tert-OH is 2. The van der Waals surface area contributed by atoms with Gasteiger partial charge in [-0.05, 0) is 66.4 Å². The lowest BCUT2D eigenvalue weighted by Crippen LogP contribution is -2.66. The first-order valence-corrected chi connectivity index (χ1v) is 12.3. The molecular weight excluding hydrogens is 422 g/mol. The fourth-order valence-corrected chi connectivity index (χ4v) is 7.55. The second-order valence-electron chi connectivity index (χ2n) is 12.0. The Morgan fingerprint density at radius 2 is 1.97 bits per heavy atom. The molecule has 3 fully saturated rings. The third-order valence-electron chi connectivity index (χ3n) is 9.66. The molecule has 0 aromatic carbocycles. The van der Waals surface area contributed by atoms with Gasteiger partial charge in [-0.15, -0.1) is 0 Å². The summed E-state index contributed by atoms with van der Waals surface area (Å²) in [5.74, 6) is -0.0133. The molecule has 3 N–H and O–H groups in total. The predicted molar refractivity (Wildman–Crippen MR) is 121 cm³/mol. The van der Waals surface area contributed by atoms with Crippen molar-refractivity contribution in [1.82, 2.24) is 4.90 Å². The van der Waals surface area contributed by atoms with E-state index in [0.717, 1.165) is 19.3 Å². The van der Waals surface area contributed by atoms with Crippen molar-refractivity contribution < 1.29 is 29.6 Å². The summed E-state index contributed by atoms with van der Waals surface area (Å²) < 4.78 is 5.86. The van der Waals surface area contributed by atoms with Crippen molar-refractivity contribution in [2.75, 3.05) is 20.2 Å². The molecule has 0 aromatic heterocycles. The minimum Gasteiger partial charge on any atom is -0.438 e. The van der Waals surface area contributed by atoms with Crippen molar-refractivity contribution in [3.63, 3.8) is 0 Å². The standard InChI is InChI=1S/C26H37NO6/c1-13-10-25-14(2)8-18-19(24(18,3)4)17(21(25)30)9-16(12-28)20(29)26(25,32)22(13)33-23(31)27(5)11-15-6-7-15/h9-10,14-15,17-20,22,28-29,32H,6-8,11-12H2,1-5H3/t14?,17-,18+,19-,20+,22-,25?,26-/m0/s1. The summed E-state index contributed by atoms with van der Waals surface area (Å²) >= 11 is 0. The van der Waals surface area contributed by atoms with Crippen molar-refractivity contribution in [3.05, 3.63) is 23.3 Å². The van der Waals surface area contributed by atoms with Crippen LogP contribution in [0.1, 0.15) is 47.0 Å². The van der Waals surface area contributed by atoms with E-state index in [1.165, 1.54) is 4.90 Å². The molecule has 33 heavy (non-hydrogen) atoms. The van der Waals surface area contributed by atoms with Crippen molar-refractivity contribution in [1.29, 1.82) is 0 Å². The third-order valence-corrected chi connectivity index (χ3v) is 9.66. The van der Waals surface area contributed by atoms with Crippen LogP contribution in [0.2, 0.25) is 0 Å². The third kappa shape index (κ3) is 2.91. The first-order valence-electron chi connectivity index (χ1n) is 12.3. The van der Waals surface area contributed by atoms with Gasteiger partial charge in [0, 0.05) is 19.5 Å². The first-order chi connectivity index (χ1) is 15.4. The van der Waals surface area contributed by atoms with E-state index in [9.17, 15) is 24.9 Å². The lowest BCUT2D eigenvalue weighted by atomic mass is 9.59. The molecule has 0 heterocycles. The second-order valence-corrected chi connectivity index (χ2v) is 12.0. The highest BCUT2D eigenvalue weighted by atomic mass is 16.6. The monoisotopic (exact) mass is 459 g/mol. The molecule has 1 amide bonds. The minimum atomic E-state index is -2.08. The van der Waals surface area contributed by atoms with Gasteiger partial charge < -0.3 is 25.0 Å². The van der Waals surface area contributed by atoms with Crippen LogP contribution in [0.25, 0.3) is 0 Å². The second kappa shape index (κ2) is 7.15. The van der Waals surface area contributed by atoms with E-state index in [1.54, 1.807) is 26.1 Å². The van der Waals surface area contributed by atoms with E-state index in [-0.39, 0.29) is 28.6 Å². The Bertz CT molecular complexity index is 950. The Labute approximate surface area is 195 Å². The van der Waals surface area contributed by atoms with Gasteiger partial charge in [0.1, 0.15) is 6.10 Å². The fourth-order valence-electron chi connectivity index (χ4n) is 7.55. The number of carbonyl (C=O) groups is 2. The van der Waals surface area contributed by atoms with Gasteiger partial charge in [0.15, 0.2) is 17.5 Å². The van der Waals surface area contributed by atoms with Gasteiger partial charge in [-0.25, -0.2) is 4.79 Å². The van der Waals surface area contributed by atoms with Gasteiger partial charge in [0.2, 0.25) is 0 Å². The van der Waals surface area contributed by atoms with Crippen molar-refractivity contribution >= 4 is 11.9 Å². The average molecular weight is 460 g/mol. The molecule has 5 rings (SSSR count). The zero-order valence-corrected chi connectivity index (χ0v) is 20.2. The van der Waals surface area contributed by atoms with E-state index in [4.69, 9.17) is 4.74 Å². The van der Waals surface area contributed by atoms with Gasteiger partial charge in [-0.1, -0.05) is 32.9 Å². The Kier molecular flexibility index (Phi) is 5.00. The van der Waals surface area contributed by atoms with Crippen LogP contribution in [-0.2, 0) is 9.53 Å². The zero-order chi connectivity index (χ0) is 24.1. The van der Waals surface area contributed by atoms with Crippen LogP contribution in [0.4, 0.5) is 4.79 Å². The number of Topliss-reactive ketones (excluding diaryl/α,β-unsaturated/α-hetero) is 1. The Morgan fingerprint density at radius 3 is 2.58 bits per heavy atom. The van der Waals surface area contributed by atoms with Crippen LogP contribution in [0, 0.1) is 40.4 Å². The van der Waals surface area contributed by atoms with Crippen molar-refractivity contribution in [3.8, 4) is 0 Å². The number of carbonyl (C=O) groups excluding carboxylic acids is 2. The summed E-state index contributed by atoms with van der Waals surface area (Å²) in [6, 6.07) is 0. The molecule has 0 aromatic rings. The number of nitrogens with zero attached hydrogens (tertiary/aromatic N) is 1. The maximum Gasteiger partial charge on any atom is 0.410 e. The highest BCUT2D eigenvalue weighted by Gasteiger charge is 2.76. The molecule has 3 saturated carbocycles. The Balaban J connectivity index is 1.59. The van der Waals surface area contributed by atoms with E-state index < -0.39 is 41.8 Å². The molecule has 7 nitrogen and oxygen atoms in total. The van der Waals surface area contributed by atoms with Crippen molar-refractivity contribution in [2.24, 2.45) is 40.4 Å². The minimum absolute atomic E-state index is 0.0184. The van der Waals surface area contributed by atoms with E-state index in [1.807, 2.05) is 6.92 Å². The topological polar surface area (TPSA) is 107 Å². The zero-order valence-electron chi connectivity index (χ0n) is 20.2.